The van der Waals surface area contributed by atoms with Crippen molar-refractivity contribution in [3.63, 3.8) is 0 Å². The predicted octanol–water partition coefficient (Wildman–Crippen LogP) is 5.04. The van der Waals surface area contributed by atoms with Gasteiger partial charge in [0.25, 0.3) is 5.91 Å². The van der Waals surface area contributed by atoms with Crippen LogP contribution in [0.3, 0.4) is 0 Å². The van der Waals surface area contributed by atoms with Gasteiger partial charge in [-0.3, -0.25) is 14.4 Å². The van der Waals surface area contributed by atoms with Crippen LogP contribution < -0.4 is 10.2 Å². The topological polar surface area (TPSA) is 105 Å². The molecule has 9 heteroatoms. The van der Waals surface area contributed by atoms with Gasteiger partial charge in [-0.2, -0.15) is 0 Å². The molecule has 40 heavy (non-hydrogen) atoms. The highest BCUT2D eigenvalue weighted by Gasteiger charge is 2.36. The zero-order valence-corrected chi connectivity index (χ0v) is 24.2. The molecule has 0 bridgehead atoms. The molecule has 0 spiro atoms. The van der Waals surface area contributed by atoms with E-state index >= 15 is 0 Å². The summed E-state index contributed by atoms with van der Waals surface area (Å²) >= 11 is 0. The van der Waals surface area contributed by atoms with Crippen molar-refractivity contribution in [1.82, 2.24) is 10.2 Å². The molecule has 1 unspecified atom stereocenters. The minimum Gasteiger partial charge on any atom is -0.466 e. The minimum atomic E-state index is -0.642. The number of aryl methyl sites for hydroxylation is 1. The fourth-order valence-electron chi connectivity index (χ4n) is 4.66. The molecule has 1 aliphatic heterocycles. The number of nitrogens with one attached hydrogen (secondary N) is 1. The Kier molecular flexibility index (Phi) is 10.7. The van der Waals surface area contributed by atoms with E-state index in [9.17, 15) is 19.2 Å². The number of hydrogen-bond acceptors (Lipinski definition) is 6. The number of carbonyl (C=O) groups is 4. The Bertz CT molecular complexity index is 1190. The van der Waals surface area contributed by atoms with Crippen LogP contribution >= 0.6 is 0 Å². The maximum Gasteiger partial charge on any atom is 0.407 e. The first-order valence-corrected chi connectivity index (χ1v) is 13.9. The molecular formula is C31H41N3O6. The SMILES string of the molecule is CCOC(=O)CC(c1ccccc1)N1CC(=O)N(C)c2ccc(CCCCCNC(=O)OC(C)(C)C)cc2C1=O. The molecule has 0 saturated carbocycles. The third-order valence-electron chi connectivity index (χ3n) is 6.63. The first-order chi connectivity index (χ1) is 19.0. The molecule has 1 N–H and O–H groups in total. The lowest BCUT2D eigenvalue weighted by molar-refractivity contribution is -0.144. The second-order valence-electron chi connectivity index (χ2n) is 10.9. The number of ether oxygens (including phenoxy) is 2. The molecule has 9 nitrogen and oxygen atoms in total. The average molecular weight is 552 g/mol. The molecule has 3 amide bonds. The van der Waals surface area contributed by atoms with Crippen LogP contribution in [0, 0.1) is 0 Å². The number of anilines is 1. The Morgan fingerprint density at radius 1 is 1.02 bits per heavy atom. The van der Waals surface area contributed by atoms with Gasteiger partial charge >= 0.3 is 12.1 Å². The second-order valence-corrected chi connectivity index (χ2v) is 10.9. The molecule has 3 rings (SSSR count). The van der Waals surface area contributed by atoms with Crippen LogP contribution in [-0.4, -0.2) is 61.1 Å². The predicted molar refractivity (Wildman–Crippen MR) is 153 cm³/mol. The lowest BCUT2D eigenvalue weighted by Crippen LogP contribution is -2.41. The van der Waals surface area contributed by atoms with Gasteiger partial charge in [0.1, 0.15) is 12.1 Å². The Balaban J connectivity index is 1.73. The Morgan fingerprint density at radius 2 is 1.75 bits per heavy atom. The number of carbonyl (C=O) groups excluding carboxylic acids is 4. The van der Waals surface area contributed by atoms with Crippen molar-refractivity contribution < 1.29 is 28.7 Å². The van der Waals surface area contributed by atoms with Crippen LogP contribution in [0.15, 0.2) is 48.5 Å². The van der Waals surface area contributed by atoms with E-state index in [1.807, 2.05) is 69.3 Å². The normalized spacial score (nSPS) is 14.3. The van der Waals surface area contributed by atoms with Crippen molar-refractivity contribution in [2.45, 2.75) is 71.4 Å². The van der Waals surface area contributed by atoms with E-state index in [0.29, 0.717) is 17.8 Å². The Labute approximate surface area is 236 Å². The van der Waals surface area contributed by atoms with Crippen molar-refractivity contribution in [2.75, 3.05) is 31.6 Å². The molecule has 0 aliphatic carbocycles. The number of likely N-dealkylation sites (N-methyl/N-ethyl adjacent to an activating group) is 1. The summed E-state index contributed by atoms with van der Waals surface area (Å²) in [5.74, 6) is -0.958. The number of alkyl carbamates (subject to hydrolysis) is 1. The van der Waals surface area contributed by atoms with Gasteiger partial charge in [-0.25, -0.2) is 4.79 Å². The van der Waals surface area contributed by atoms with Crippen LogP contribution in [0.2, 0.25) is 0 Å². The average Bonchev–Trinajstić information content (AvgIpc) is 2.99. The molecule has 0 fully saturated rings. The number of benzene rings is 2. The lowest BCUT2D eigenvalue weighted by Gasteiger charge is -2.30. The molecule has 0 radical (unpaired) electrons. The molecule has 1 aliphatic rings. The third-order valence-corrected chi connectivity index (χ3v) is 6.63. The van der Waals surface area contributed by atoms with Gasteiger partial charge in [-0.1, -0.05) is 42.8 Å². The highest BCUT2D eigenvalue weighted by molar-refractivity contribution is 6.09. The quantitative estimate of drug-likeness (QED) is 0.310. The highest BCUT2D eigenvalue weighted by atomic mass is 16.6. The second kappa shape index (κ2) is 14.0. The van der Waals surface area contributed by atoms with E-state index in [-0.39, 0.29) is 31.4 Å². The number of amides is 3. The summed E-state index contributed by atoms with van der Waals surface area (Å²) in [4.78, 5) is 54.4. The van der Waals surface area contributed by atoms with Crippen molar-refractivity contribution in [3.8, 4) is 0 Å². The van der Waals surface area contributed by atoms with Crippen LogP contribution in [0.4, 0.5) is 10.5 Å². The highest BCUT2D eigenvalue weighted by Crippen LogP contribution is 2.33. The van der Waals surface area contributed by atoms with Crippen molar-refractivity contribution in [1.29, 1.82) is 0 Å². The van der Waals surface area contributed by atoms with Gasteiger partial charge < -0.3 is 24.6 Å². The van der Waals surface area contributed by atoms with Gasteiger partial charge in [0.15, 0.2) is 0 Å². The van der Waals surface area contributed by atoms with Gasteiger partial charge in [0.2, 0.25) is 5.91 Å². The van der Waals surface area contributed by atoms with Crippen molar-refractivity contribution >= 4 is 29.6 Å². The summed E-state index contributed by atoms with van der Waals surface area (Å²) < 4.78 is 10.4. The van der Waals surface area contributed by atoms with Crippen LogP contribution in [-0.2, 0) is 25.5 Å². The van der Waals surface area contributed by atoms with E-state index in [2.05, 4.69) is 5.32 Å². The summed E-state index contributed by atoms with van der Waals surface area (Å²) in [6, 6.07) is 14.2. The summed E-state index contributed by atoms with van der Waals surface area (Å²) in [7, 11) is 1.66. The standard InChI is InChI=1S/C31H41N3O6/c1-6-39-28(36)20-26(23-14-10-7-11-15-23)34-21-27(35)33(5)25-17-16-22(19-24(25)29(34)37)13-9-8-12-18-32-30(38)40-31(2,3)4/h7,10-11,14-17,19,26H,6,8-9,12-13,18,20-21H2,1-5H3,(H,32,38). The zero-order chi connectivity index (χ0) is 29.3. The number of hydrogen-bond donors (Lipinski definition) is 1. The molecule has 0 aromatic heterocycles. The monoisotopic (exact) mass is 551 g/mol. The Morgan fingerprint density at radius 3 is 2.42 bits per heavy atom. The van der Waals surface area contributed by atoms with Crippen molar-refractivity contribution in [3.05, 3.63) is 65.2 Å². The van der Waals surface area contributed by atoms with Crippen molar-refractivity contribution in [2.24, 2.45) is 0 Å². The largest absolute Gasteiger partial charge is 0.466 e. The van der Waals surface area contributed by atoms with E-state index in [1.165, 1.54) is 9.80 Å². The molecule has 2 aromatic rings. The van der Waals surface area contributed by atoms with Gasteiger partial charge in [-0.05, 0) is 70.2 Å². The zero-order valence-electron chi connectivity index (χ0n) is 24.2. The molecule has 216 valence electrons. The molecule has 2 aromatic carbocycles. The number of fused-ring (bicyclic) bond motifs is 1. The fraction of sp³-hybridized carbons (Fsp3) is 0.484. The maximum atomic E-state index is 14.0. The summed E-state index contributed by atoms with van der Waals surface area (Å²) in [6.07, 6.45) is 2.85. The fourth-order valence-corrected chi connectivity index (χ4v) is 4.66. The molecule has 1 heterocycles. The van der Waals surface area contributed by atoms with E-state index < -0.39 is 23.7 Å². The number of esters is 1. The first-order valence-electron chi connectivity index (χ1n) is 13.9. The smallest absolute Gasteiger partial charge is 0.407 e. The maximum absolute atomic E-state index is 14.0. The Hall–Kier alpha value is -3.88. The molecule has 1 atom stereocenters. The summed E-state index contributed by atoms with van der Waals surface area (Å²) in [6.45, 7) is 7.83. The minimum absolute atomic E-state index is 0.0487. The van der Waals surface area contributed by atoms with Gasteiger partial charge in [0.05, 0.1) is 30.3 Å². The van der Waals surface area contributed by atoms with E-state index in [1.54, 1.807) is 14.0 Å². The number of rotatable bonds is 11. The molecular weight excluding hydrogens is 510 g/mol. The van der Waals surface area contributed by atoms with E-state index in [4.69, 9.17) is 9.47 Å². The first kappa shape index (κ1) is 30.7. The van der Waals surface area contributed by atoms with Gasteiger partial charge in [-0.15, -0.1) is 0 Å². The van der Waals surface area contributed by atoms with Crippen LogP contribution in [0.5, 0.6) is 0 Å². The molecule has 0 saturated heterocycles. The van der Waals surface area contributed by atoms with E-state index in [0.717, 1.165) is 36.8 Å². The van der Waals surface area contributed by atoms with Gasteiger partial charge in [0, 0.05) is 13.6 Å². The van der Waals surface area contributed by atoms with Crippen LogP contribution in [0.25, 0.3) is 0 Å². The number of unbranched alkanes of at least 4 members (excludes halogenated alkanes) is 2. The van der Waals surface area contributed by atoms with Crippen LogP contribution in [0.1, 0.15) is 80.9 Å². The summed E-state index contributed by atoms with van der Waals surface area (Å²) in [5.41, 5.74) is 2.20. The lowest BCUT2D eigenvalue weighted by atomic mass is 9.99. The summed E-state index contributed by atoms with van der Waals surface area (Å²) in [5, 5.41) is 2.77. The third kappa shape index (κ3) is 8.56. The number of nitrogens with zero attached hydrogens (tertiary/aromatic N) is 2.